The normalized spacial score (nSPS) is 17.6. The molecule has 242 valence electrons. The van der Waals surface area contributed by atoms with Crippen LogP contribution in [0.25, 0.3) is 0 Å². The third-order valence-corrected chi connectivity index (χ3v) is 10.6. The minimum absolute atomic E-state index is 0.0586. The average Bonchev–Trinajstić information content (AvgIpc) is 3.27. The predicted molar refractivity (Wildman–Crippen MR) is 196 cm³/mol. The molecule has 1 unspecified atom stereocenters. The van der Waals surface area contributed by atoms with E-state index < -0.39 is 13.5 Å². The number of nitrogens with zero attached hydrogens (tertiary/aromatic N) is 2. The molecule has 0 aromatic heterocycles. The van der Waals surface area contributed by atoms with Crippen LogP contribution in [-0.4, -0.2) is 17.2 Å². The summed E-state index contributed by atoms with van der Waals surface area (Å²) in [5, 5.41) is 0. The maximum absolute atomic E-state index is 5.98. The Morgan fingerprint density at radius 1 is 0.778 bits per heavy atom. The van der Waals surface area contributed by atoms with Gasteiger partial charge in [0.1, 0.15) is 0 Å². The van der Waals surface area contributed by atoms with Gasteiger partial charge in [0.05, 0.1) is 0 Å². The Balaban J connectivity index is 0.000000215. The van der Waals surface area contributed by atoms with E-state index in [-0.39, 0.29) is 11.0 Å². The van der Waals surface area contributed by atoms with Crippen LogP contribution in [-0.2, 0) is 25.5 Å². The van der Waals surface area contributed by atoms with Gasteiger partial charge < -0.3 is 4.90 Å². The average molecular weight is 730 g/mol. The summed E-state index contributed by atoms with van der Waals surface area (Å²) in [4.78, 5) is 4.80. The maximum atomic E-state index is 5.98. The van der Waals surface area contributed by atoms with Crippen LogP contribution in [0, 0.1) is 6.54 Å². The molecule has 0 N–H and O–H groups in total. The summed E-state index contributed by atoms with van der Waals surface area (Å²) in [6.07, 6.45) is 1.12. The van der Waals surface area contributed by atoms with Crippen LogP contribution in [0.2, 0.25) is 0 Å². The Hall–Kier alpha value is -2.45. The Labute approximate surface area is 285 Å². The van der Waals surface area contributed by atoms with Gasteiger partial charge >= 0.3 is 127 Å². The van der Waals surface area contributed by atoms with Crippen LogP contribution in [0.1, 0.15) is 94.5 Å². The molecule has 1 aliphatic rings. The summed E-state index contributed by atoms with van der Waals surface area (Å²) < 4.78 is 2.00. The zero-order valence-corrected chi connectivity index (χ0v) is 31.3. The summed E-state index contributed by atoms with van der Waals surface area (Å²) >= 11 is -1.78. The number of hydrogen-bond donors (Lipinski definition) is 0. The molecule has 0 bridgehead atoms. The van der Waals surface area contributed by atoms with Gasteiger partial charge in [0, 0.05) is 11.2 Å². The van der Waals surface area contributed by atoms with Crippen molar-refractivity contribution in [2.75, 3.05) is 16.8 Å². The molecule has 1 heterocycles. The number of hydrogen-bond acceptors (Lipinski definition) is 2. The van der Waals surface area contributed by atoms with Crippen LogP contribution in [0.5, 0.6) is 0 Å². The summed E-state index contributed by atoms with van der Waals surface area (Å²) in [5.41, 5.74) is 9.48. The number of anilines is 2. The number of benzene rings is 4. The third-order valence-electron chi connectivity index (χ3n) is 8.73. The molecular formula is C40H49Cl2N2Ru-. The van der Waals surface area contributed by atoms with Gasteiger partial charge in [0.25, 0.3) is 0 Å². The van der Waals surface area contributed by atoms with Crippen molar-refractivity contribution >= 4 is 35.4 Å². The fraction of sp³-hybridized carbons (Fsp3) is 0.350. The molecule has 4 aromatic rings. The molecule has 0 spiro atoms. The first-order valence-corrected chi connectivity index (χ1v) is 21.3. The van der Waals surface area contributed by atoms with Crippen molar-refractivity contribution < 1.29 is 13.5 Å². The monoisotopic (exact) mass is 729 g/mol. The van der Waals surface area contributed by atoms with Crippen LogP contribution < -0.4 is 9.80 Å². The Kier molecular flexibility index (Phi) is 12.1. The van der Waals surface area contributed by atoms with Gasteiger partial charge in [-0.15, -0.1) is 5.41 Å². The molecule has 1 saturated heterocycles. The quantitative estimate of drug-likeness (QED) is 0.132. The molecule has 45 heavy (non-hydrogen) atoms. The van der Waals surface area contributed by atoms with E-state index in [0.29, 0.717) is 11.8 Å². The van der Waals surface area contributed by atoms with Crippen LogP contribution >= 0.6 is 19.4 Å². The molecule has 0 saturated carbocycles. The second kappa shape index (κ2) is 15.4. The van der Waals surface area contributed by atoms with Gasteiger partial charge in [-0.3, -0.25) is 0 Å². The van der Waals surface area contributed by atoms with E-state index in [0.717, 1.165) is 18.5 Å². The van der Waals surface area contributed by atoms with Crippen molar-refractivity contribution in [2.45, 2.75) is 84.2 Å². The van der Waals surface area contributed by atoms with Crippen molar-refractivity contribution in [3.8, 4) is 0 Å². The predicted octanol–water partition coefficient (Wildman–Crippen LogP) is 11.4. The first-order valence-electron chi connectivity index (χ1n) is 15.8. The molecule has 1 fully saturated rings. The SMILES string of the molecule is CC(C)c1cccc(C(C)C)c1N1[CH-]C(C)(c2ccccc2)CC1(C)C.CN(Cc1ccccc1[CH]=[Ru]([Cl])[Cl])c1ccccc1. The first kappa shape index (κ1) is 35.4. The molecule has 1 aliphatic heterocycles. The van der Waals surface area contributed by atoms with E-state index in [1.807, 2.05) is 34.9 Å². The van der Waals surface area contributed by atoms with Gasteiger partial charge in [-0.2, -0.15) is 0 Å². The Morgan fingerprint density at radius 3 is 1.87 bits per heavy atom. The van der Waals surface area contributed by atoms with Crippen molar-refractivity contribution in [1.29, 1.82) is 0 Å². The van der Waals surface area contributed by atoms with E-state index in [2.05, 4.69) is 145 Å². The fourth-order valence-electron chi connectivity index (χ4n) is 6.53. The first-order chi connectivity index (χ1) is 21.3. The minimum atomic E-state index is -1.78. The molecule has 5 rings (SSSR count). The van der Waals surface area contributed by atoms with Crippen molar-refractivity contribution in [3.05, 3.63) is 137 Å². The Morgan fingerprint density at radius 2 is 1.31 bits per heavy atom. The fourth-order valence-corrected chi connectivity index (χ4v) is 8.41. The second-order valence-corrected chi connectivity index (χ2v) is 19.3. The van der Waals surface area contributed by atoms with Crippen LogP contribution in [0.3, 0.4) is 0 Å². The molecule has 0 amide bonds. The van der Waals surface area contributed by atoms with E-state index >= 15 is 0 Å². The van der Waals surface area contributed by atoms with Gasteiger partial charge in [0.2, 0.25) is 0 Å². The van der Waals surface area contributed by atoms with Crippen molar-refractivity contribution in [3.63, 3.8) is 0 Å². The van der Waals surface area contributed by atoms with Gasteiger partial charge in [-0.25, -0.2) is 6.54 Å². The number of halogens is 2. The summed E-state index contributed by atoms with van der Waals surface area (Å²) in [5.74, 6) is 1.02. The summed E-state index contributed by atoms with van der Waals surface area (Å²) in [7, 11) is 14.0. The summed E-state index contributed by atoms with van der Waals surface area (Å²) in [6, 6.07) is 36.4. The van der Waals surface area contributed by atoms with Gasteiger partial charge in [0.15, 0.2) is 0 Å². The number of para-hydroxylation sites is 2. The van der Waals surface area contributed by atoms with Crippen LogP contribution in [0.15, 0.2) is 103 Å². The van der Waals surface area contributed by atoms with E-state index in [4.69, 9.17) is 19.4 Å². The standard InChI is InChI=1S/C25H34N.C15H15N.2ClH.Ru/c1-18(2)21-14-11-15-22(19(3)4)23(21)26-17-25(7,16-24(26,5)6)20-12-9-8-10-13-20;1-13-8-6-7-9-14(13)12-16(2)15-10-4-3-5-11-15;;;/h8-15,17-19H,16H2,1-7H3;1,3-11H,12H2,2H3;2*1H;/q-1;;;;+2/p-2. The zero-order valence-electron chi connectivity index (χ0n) is 28.0. The van der Waals surface area contributed by atoms with E-state index in [9.17, 15) is 0 Å². The topological polar surface area (TPSA) is 6.48 Å². The molecule has 4 aromatic carbocycles. The molecular weight excluding hydrogens is 680 g/mol. The third kappa shape index (κ3) is 8.88. The molecule has 5 heteroatoms. The van der Waals surface area contributed by atoms with Crippen molar-refractivity contribution in [2.24, 2.45) is 0 Å². The second-order valence-electron chi connectivity index (χ2n) is 13.6. The summed E-state index contributed by atoms with van der Waals surface area (Å²) in [6.45, 7) is 19.7. The molecule has 0 aliphatic carbocycles. The van der Waals surface area contributed by atoms with Crippen molar-refractivity contribution in [1.82, 2.24) is 0 Å². The number of rotatable bonds is 8. The van der Waals surface area contributed by atoms with E-state index in [1.54, 1.807) is 0 Å². The molecule has 0 radical (unpaired) electrons. The molecule has 2 nitrogen and oxygen atoms in total. The van der Waals surface area contributed by atoms with E-state index in [1.165, 1.54) is 33.6 Å². The Bertz CT molecular complexity index is 1540. The zero-order chi connectivity index (χ0) is 32.8. The van der Waals surface area contributed by atoms with Crippen LogP contribution in [0.4, 0.5) is 11.4 Å². The van der Waals surface area contributed by atoms with Gasteiger partial charge in [-0.05, 0) is 43.2 Å². The van der Waals surface area contributed by atoms with Gasteiger partial charge in [-0.1, -0.05) is 88.7 Å². The molecule has 1 atom stereocenters.